The van der Waals surface area contributed by atoms with Crippen LogP contribution in [0.1, 0.15) is 39.0 Å². The topological polar surface area (TPSA) is 49.9 Å². The summed E-state index contributed by atoms with van der Waals surface area (Å²) < 4.78 is 5.56. The van der Waals surface area contributed by atoms with Crippen molar-refractivity contribution < 1.29 is 14.3 Å². The third-order valence-corrected chi connectivity index (χ3v) is 4.61. The Labute approximate surface area is 113 Å². The standard InChI is InChI=1S/C14H22N2O3/c1-10-9-11(5-8-19-10)15-7-4-13(17)16-6-2-3-12(16)14(15)18/h10-12H,2-9H2,1H3. The van der Waals surface area contributed by atoms with Crippen molar-refractivity contribution in [2.24, 2.45) is 0 Å². The first-order valence-corrected chi connectivity index (χ1v) is 7.38. The molecule has 3 fully saturated rings. The number of amides is 2. The van der Waals surface area contributed by atoms with Crippen LogP contribution in [0.2, 0.25) is 0 Å². The smallest absolute Gasteiger partial charge is 0.245 e. The minimum absolute atomic E-state index is 0.151. The normalized spacial score (nSPS) is 36.4. The van der Waals surface area contributed by atoms with Crippen LogP contribution >= 0.6 is 0 Å². The average Bonchev–Trinajstić information content (AvgIpc) is 2.84. The molecule has 3 atom stereocenters. The second kappa shape index (κ2) is 5.12. The molecular weight excluding hydrogens is 244 g/mol. The number of ether oxygens (including phenoxy) is 1. The molecule has 3 unspecified atom stereocenters. The van der Waals surface area contributed by atoms with Crippen molar-refractivity contribution in [3.8, 4) is 0 Å². The lowest BCUT2D eigenvalue weighted by Gasteiger charge is -2.37. The molecule has 3 heterocycles. The summed E-state index contributed by atoms with van der Waals surface area (Å²) in [5, 5.41) is 0. The van der Waals surface area contributed by atoms with E-state index in [1.807, 2.05) is 4.90 Å². The average molecular weight is 266 g/mol. The Morgan fingerprint density at radius 3 is 2.79 bits per heavy atom. The van der Waals surface area contributed by atoms with Gasteiger partial charge >= 0.3 is 0 Å². The number of nitrogens with zero attached hydrogens (tertiary/aromatic N) is 2. The van der Waals surface area contributed by atoms with Crippen molar-refractivity contribution in [2.45, 2.75) is 57.2 Å². The highest BCUT2D eigenvalue weighted by Gasteiger charge is 2.41. The van der Waals surface area contributed by atoms with E-state index in [-0.39, 0.29) is 30.0 Å². The Morgan fingerprint density at radius 2 is 2.00 bits per heavy atom. The van der Waals surface area contributed by atoms with Crippen LogP contribution in [0.3, 0.4) is 0 Å². The van der Waals surface area contributed by atoms with Gasteiger partial charge in [0.25, 0.3) is 0 Å². The number of hydrogen-bond acceptors (Lipinski definition) is 3. The molecule has 3 aliphatic rings. The minimum Gasteiger partial charge on any atom is -0.378 e. The second-order valence-electron chi connectivity index (χ2n) is 5.89. The molecule has 0 spiro atoms. The number of carbonyl (C=O) groups is 2. The SMILES string of the molecule is CC1CC(N2CCC(=O)N3CCCC3C2=O)CCO1. The van der Waals surface area contributed by atoms with Gasteiger partial charge in [0, 0.05) is 32.2 Å². The van der Waals surface area contributed by atoms with E-state index in [0.717, 1.165) is 38.8 Å². The molecule has 5 heteroatoms. The van der Waals surface area contributed by atoms with Crippen molar-refractivity contribution in [1.29, 1.82) is 0 Å². The molecule has 0 N–H and O–H groups in total. The Balaban J connectivity index is 1.77. The minimum atomic E-state index is -0.187. The van der Waals surface area contributed by atoms with Gasteiger partial charge in [0.1, 0.15) is 6.04 Å². The highest BCUT2D eigenvalue weighted by atomic mass is 16.5. The van der Waals surface area contributed by atoms with E-state index >= 15 is 0 Å². The van der Waals surface area contributed by atoms with Crippen LogP contribution in [0.4, 0.5) is 0 Å². The van der Waals surface area contributed by atoms with Crippen LogP contribution in [0.5, 0.6) is 0 Å². The van der Waals surface area contributed by atoms with Gasteiger partial charge in [-0.25, -0.2) is 0 Å². The third-order valence-electron chi connectivity index (χ3n) is 4.61. The van der Waals surface area contributed by atoms with Crippen LogP contribution in [-0.2, 0) is 14.3 Å². The number of fused-ring (bicyclic) bond motifs is 1. The molecule has 0 aliphatic carbocycles. The fourth-order valence-corrected chi connectivity index (χ4v) is 3.60. The molecule has 0 bridgehead atoms. The van der Waals surface area contributed by atoms with Crippen LogP contribution < -0.4 is 0 Å². The highest BCUT2D eigenvalue weighted by molar-refractivity contribution is 5.90. The molecule has 0 aromatic rings. The summed E-state index contributed by atoms with van der Waals surface area (Å²) in [4.78, 5) is 28.5. The zero-order valence-electron chi connectivity index (χ0n) is 11.5. The fraction of sp³-hybridized carbons (Fsp3) is 0.857. The zero-order valence-corrected chi connectivity index (χ0v) is 11.5. The fourth-order valence-electron chi connectivity index (χ4n) is 3.60. The maximum atomic E-state index is 12.7. The van der Waals surface area contributed by atoms with Crippen LogP contribution in [0, 0.1) is 0 Å². The van der Waals surface area contributed by atoms with Gasteiger partial charge < -0.3 is 14.5 Å². The summed E-state index contributed by atoms with van der Waals surface area (Å²) in [6.07, 6.45) is 4.28. The van der Waals surface area contributed by atoms with E-state index in [4.69, 9.17) is 4.74 Å². The van der Waals surface area contributed by atoms with E-state index in [1.165, 1.54) is 0 Å². The Kier molecular flexibility index (Phi) is 3.48. The molecule has 5 nitrogen and oxygen atoms in total. The van der Waals surface area contributed by atoms with Crippen molar-refractivity contribution in [3.05, 3.63) is 0 Å². The summed E-state index contributed by atoms with van der Waals surface area (Å²) in [6.45, 7) is 4.12. The van der Waals surface area contributed by atoms with Crippen molar-refractivity contribution in [2.75, 3.05) is 19.7 Å². The Bertz CT molecular complexity index is 385. The largest absolute Gasteiger partial charge is 0.378 e. The Hall–Kier alpha value is -1.10. The summed E-state index contributed by atoms with van der Waals surface area (Å²) in [5.41, 5.74) is 0. The van der Waals surface area contributed by atoms with Crippen molar-refractivity contribution >= 4 is 11.8 Å². The molecule has 3 saturated heterocycles. The van der Waals surface area contributed by atoms with E-state index in [1.54, 1.807) is 4.90 Å². The van der Waals surface area contributed by atoms with Gasteiger partial charge in [0.15, 0.2) is 0 Å². The third kappa shape index (κ3) is 2.36. The summed E-state index contributed by atoms with van der Waals surface area (Å²) >= 11 is 0. The summed E-state index contributed by atoms with van der Waals surface area (Å²) in [7, 11) is 0. The first-order valence-electron chi connectivity index (χ1n) is 7.38. The van der Waals surface area contributed by atoms with Gasteiger partial charge in [-0.3, -0.25) is 9.59 Å². The first-order chi connectivity index (χ1) is 9.16. The molecule has 0 aromatic carbocycles. The van der Waals surface area contributed by atoms with E-state index in [0.29, 0.717) is 13.0 Å². The summed E-state index contributed by atoms with van der Waals surface area (Å²) in [6, 6.07) is 0.0674. The molecule has 3 rings (SSSR count). The predicted molar refractivity (Wildman–Crippen MR) is 69.5 cm³/mol. The van der Waals surface area contributed by atoms with E-state index in [2.05, 4.69) is 6.92 Å². The van der Waals surface area contributed by atoms with Gasteiger partial charge in [-0.1, -0.05) is 0 Å². The maximum Gasteiger partial charge on any atom is 0.245 e. The van der Waals surface area contributed by atoms with Gasteiger partial charge in [0.05, 0.1) is 6.10 Å². The van der Waals surface area contributed by atoms with Gasteiger partial charge in [-0.15, -0.1) is 0 Å². The summed E-state index contributed by atoms with van der Waals surface area (Å²) in [5.74, 6) is 0.320. The zero-order chi connectivity index (χ0) is 13.4. The van der Waals surface area contributed by atoms with Gasteiger partial charge in [-0.2, -0.15) is 0 Å². The molecule has 2 amide bonds. The molecule has 106 valence electrons. The first kappa shape index (κ1) is 12.9. The lowest BCUT2D eigenvalue weighted by molar-refractivity contribution is -0.142. The molecule has 0 aromatic heterocycles. The number of rotatable bonds is 1. The van der Waals surface area contributed by atoms with Crippen LogP contribution in [0.15, 0.2) is 0 Å². The predicted octanol–water partition coefficient (Wildman–Crippen LogP) is 0.777. The van der Waals surface area contributed by atoms with Crippen molar-refractivity contribution in [3.63, 3.8) is 0 Å². The lowest BCUT2D eigenvalue weighted by atomic mass is 10.0. The molecule has 3 aliphatic heterocycles. The highest BCUT2D eigenvalue weighted by Crippen LogP contribution is 2.27. The Morgan fingerprint density at radius 1 is 1.16 bits per heavy atom. The monoisotopic (exact) mass is 266 g/mol. The van der Waals surface area contributed by atoms with Crippen LogP contribution in [-0.4, -0.2) is 59.5 Å². The lowest BCUT2D eigenvalue weighted by Crippen LogP contribution is -2.50. The van der Waals surface area contributed by atoms with Crippen molar-refractivity contribution in [1.82, 2.24) is 9.80 Å². The molecule has 0 radical (unpaired) electrons. The number of carbonyl (C=O) groups excluding carboxylic acids is 2. The number of hydrogen-bond donors (Lipinski definition) is 0. The molecule has 19 heavy (non-hydrogen) atoms. The van der Waals surface area contributed by atoms with Gasteiger partial charge in [-0.05, 0) is 32.6 Å². The van der Waals surface area contributed by atoms with E-state index in [9.17, 15) is 9.59 Å². The molecule has 0 saturated carbocycles. The van der Waals surface area contributed by atoms with E-state index < -0.39 is 0 Å². The van der Waals surface area contributed by atoms with Crippen LogP contribution in [0.25, 0.3) is 0 Å². The maximum absolute atomic E-state index is 12.7. The second-order valence-corrected chi connectivity index (χ2v) is 5.89. The molecular formula is C14H22N2O3. The van der Waals surface area contributed by atoms with Gasteiger partial charge in [0.2, 0.25) is 11.8 Å². The quantitative estimate of drug-likeness (QED) is 0.704.